The second kappa shape index (κ2) is 5.19. The van der Waals surface area contributed by atoms with Gasteiger partial charge in [-0.15, -0.1) is 0 Å². The number of hydrogen-bond acceptors (Lipinski definition) is 7. The summed E-state index contributed by atoms with van der Waals surface area (Å²) in [6, 6.07) is 2.61. The van der Waals surface area contributed by atoms with Gasteiger partial charge in [0.15, 0.2) is 5.00 Å². The zero-order valence-corrected chi connectivity index (χ0v) is 11.9. The van der Waals surface area contributed by atoms with Crippen LogP contribution in [0.1, 0.15) is 5.69 Å². The summed E-state index contributed by atoms with van der Waals surface area (Å²) in [6.45, 7) is 0.0322. The molecule has 0 aromatic carbocycles. The van der Waals surface area contributed by atoms with Crippen molar-refractivity contribution in [3.8, 4) is 0 Å². The van der Waals surface area contributed by atoms with Crippen molar-refractivity contribution in [1.82, 2.24) is 14.5 Å². The highest BCUT2D eigenvalue weighted by atomic mass is 32.2. The summed E-state index contributed by atoms with van der Waals surface area (Å²) < 4.78 is 27.7. The molecule has 0 fully saturated rings. The molecule has 0 spiro atoms. The van der Waals surface area contributed by atoms with Crippen LogP contribution in [-0.4, -0.2) is 23.1 Å². The summed E-state index contributed by atoms with van der Waals surface area (Å²) >= 11 is 0.654. The Morgan fingerprint density at radius 3 is 2.80 bits per heavy atom. The number of nitrogens with one attached hydrogen (secondary N) is 1. The zero-order chi connectivity index (χ0) is 14.9. The van der Waals surface area contributed by atoms with Gasteiger partial charge in [0.2, 0.25) is 0 Å². The lowest BCUT2D eigenvalue weighted by molar-refractivity contribution is -0.383. The number of hydrogen-bond donors (Lipinski definition) is 2. The molecule has 0 radical (unpaired) electrons. The lowest BCUT2D eigenvalue weighted by Crippen LogP contribution is -2.23. The molecule has 20 heavy (non-hydrogen) atoms. The van der Waals surface area contributed by atoms with Crippen LogP contribution >= 0.6 is 11.3 Å². The van der Waals surface area contributed by atoms with E-state index in [1.807, 2.05) is 0 Å². The van der Waals surface area contributed by atoms with Crippen molar-refractivity contribution in [2.75, 3.05) is 5.73 Å². The Hall–Kier alpha value is -1.98. The van der Waals surface area contributed by atoms with Crippen LogP contribution in [0.2, 0.25) is 0 Å². The molecular formula is C9H11N5O4S2. The van der Waals surface area contributed by atoms with Gasteiger partial charge in [-0.1, -0.05) is 11.3 Å². The molecule has 2 rings (SSSR count). The number of aromatic nitrogens is 2. The predicted molar refractivity (Wildman–Crippen MR) is 72.6 cm³/mol. The molecule has 0 atom stereocenters. The van der Waals surface area contributed by atoms with Gasteiger partial charge in [-0.25, -0.2) is 13.1 Å². The van der Waals surface area contributed by atoms with E-state index in [0.717, 1.165) is 6.07 Å². The van der Waals surface area contributed by atoms with Crippen molar-refractivity contribution in [1.29, 1.82) is 0 Å². The fourth-order valence-electron chi connectivity index (χ4n) is 1.46. The van der Waals surface area contributed by atoms with E-state index >= 15 is 0 Å². The van der Waals surface area contributed by atoms with Crippen LogP contribution in [-0.2, 0) is 23.6 Å². The predicted octanol–water partition coefficient (Wildman–Crippen LogP) is 0.451. The molecule has 0 saturated carbocycles. The Labute approximate surface area is 118 Å². The number of nitrogens with two attached hydrogens (primary N) is 1. The van der Waals surface area contributed by atoms with Gasteiger partial charge in [0, 0.05) is 19.3 Å². The zero-order valence-electron chi connectivity index (χ0n) is 10.3. The van der Waals surface area contributed by atoms with Crippen LogP contribution in [0, 0.1) is 10.1 Å². The van der Waals surface area contributed by atoms with E-state index in [-0.39, 0.29) is 15.8 Å². The fourth-order valence-corrected chi connectivity index (χ4v) is 3.72. The van der Waals surface area contributed by atoms with E-state index in [2.05, 4.69) is 9.82 Å². The Bertz CT molecular complexity index is 748. The van der Waals surface area contributed by atoms with E-state index in [1.165, 1.54) is 10.9 Å². The Morgan fingerprint density at radius 2 is 2.30 bits per heavy atom. The highest BCUT2D eigenvalue weighted by Gasteiger charge is 2.24. The summed E-state index contributed by atoms with van der Waals surface area (Å²) in [5.74, 6) is 0. The lowest BCUT2D eigenvalue weighted by Gasteiger charge is -2.04. The van der Waals surface area contributed by atoms with Crippen molar-refractivity contribution in [3.63, 3.8) is 0 Å². The molecule has 9 nitrogen and oxygen atoms in total. The van der Waals surface area contributed by atoms with Gasteiger partial charge < -0.3 is 5.73 Å². The van der Waals surface area contributed by atoms with Crippen molar-refractivity contribution in [3.05, 3.63) is 34.1 Å². The summed E-state index contributed by atoms with van der Waals surface area (Å²) in [6.07, 6.45) is 1.54. The third-order valence-corrected chi connectivity index (χ3v) is 5.37. The Morgan fingerprint density at radius 1 is 1.60 bits per heavy atom. The maximum atomic E-state index is 12.0. The maximum absolute atomic E-state index is 12.0. The molecule has 2 aromatic rings. The molecule has 0 saturated heterocycles. The number of anilines is 1. The van der Waals surface area contributed by atoms with Crippen molar-refractivity contribution < 1.29 is 13.3 Å². The van der Waals surface area contributed by atoms with Crippen LogP contribution in [0.3, 0.4) is 0 Å². The van der Waals surface area contributed by atoms with Crippen LogP contribution in [0.15, 0.2) is 22.5 Å². The summed E-state index contributed by atoms with van der Waals surface area (Å²) in [4.78, 5) is 9.94. The number of nitrogen functional groups attached to an aromatic ring is 1. The lowest BCUT2D eigenvalue weighted by atomic mass is 10.4. The first-order valence-electron chi connectivity index (χ1n) is 5.31. The minimum atomic E-state index is -3.85. The van der Waals surface area contributed by atoms with E-state index < -0.39 is 20.6 Å². The highest BCUT2D eigenvalue weighted by Crippen LogP contribution is 2.34. The normalized spacial score (nSPS) is 11.7. The topological polar surface area (TPSA) is 133 Å². The van der Waals surface area contributed by atoms with E-state index in [1.54, 1.807) is 13.1 Å². The average Bonchev–Trinajstić information content (AvgIpc) is 2.93. The van der Waals surface area contributed by atoms with E-state index in [0.29, 0.717) is 17.0 Å². The molecule has 108 valence electrons. The summed E-state index contributed by atoms with van der Waals surface area (Å²) in [7, 11) is -2.17. The SMILES string of the molecule is Cn1nccc1CNS(=O)(=O)c1cc([N+](=O)[O-])c(N)s1. The maximum Gasteiger partial charge on any atom is 0.304 e. The first-order chi connectivity index (χ1) is 9.31. The highest BCUT2D eigenvalue weighted by molar-refractivity contribution is 7.91. The first-order valence-corrected chi connectivity index (χ1v) is 7.61. The second-order valence-electron chi connectivity index (χ2n) is 3.84. The van der Waals surface area contributed by atoms with Gasteiger partial charge in [-0.2, -0.15) is 5.10 Å². The minimum Gasteiger partial charge on any atom is -0.385 e. The molecule has 0 aliphatic carbocycles. The van der Waals surface area contributed by atoms with Crippen molar-refractivity contribution in [2.24, 2.45) is 7.05 Å². The Balaban J connectivity index is 2.20. The molecule has 2 aromatic heterocycles. The molecule has 3 N–H and O–H groups in total. The molecular weight excluding hydrogens is 306 g/mol. The fraction of sp³-hybridized carbons (Fsp3) is 0.222. The summed E-state index contributed by atoms with van der Waals surface area (Å²) in [5, 5.41) is 14.4. The van der Waals surface area contributed by atoms with Crippen LogP contribution in [0.5, 0.6) is 0 Å². The third kappa shape index (κ3) is 2.79. The van der Waals surface area contributed by atoms with Gasteiger partial charge in [0.05, 0.1) is 17.2 Å². The van der Waals surface area contributed by atoms with Gasteiger partial charge in [-0.05, 0) is 6.07 Å². The summed E-state index contributed by atoms with van der Waals surface area (Å²) in [5.41, 5.74) is 5.68. The molecule has 2 heterocycles. The molecule has 11 heteroatoms. The van der Waals surface area contributed by atoms with Gasteiger partial charge in [0.25, 0.3) is 10.0 Å². The van der Waals surface area contributed by atoms with Crippen LogP contribution in [0.4, 0.5) is 10.7 Å². The van der Waals surface area contributed by atoms with E-state index in [4.69, 9.17) is 5.73 Å². The molecule has 0 amide bonds. The smallest absolute Gasteiger partial charge is 0.304 e. The average molecular weight is 317 g/mol. The number of rotatable bonds is 5. The third-order valence-electron chi connectivity index (χ3n) is 2.54. The Kier molecular flexibility index (Phi) is 3.74. The number of sulfonamides is 1. The standard InChI is InChI=1S/C9H11N5O4S2/c1-13-6(2-3-11-13)5-12-20(17,18)8-4-7(14(15)16)9(10)19-8/h2-4,12H,5,10H2,1H3. The van der Waals surface area contributed by atoms with Gasteiger partial charge in [0.1, 0.15) is 4.21 Å². The second-order valence-corrected chi connectivity index (χ2v) is 6.92. The monoisotopic (exact) mass is 317 g/mol. The number of aryl methyl sites for hydroxylation is 1. The van der Waals surface area contributed by atoms with E-state index in [9.17, 15) is 18.5 Å². The first kappa shape index (κ1) is 14.4. The van der Waals surface area contributed by atoms with Gasteiger partial charge >= 0.3 is 5.69 Å². The molecule has 0 aliphatic heterocycles. The number of nitrogens with zero attached hydrogens (tertiary/aromatic N) is 3. The van der Waals surface area contributed by atoms with Crippen LogP contribution < -0.4 is 10.5 Å². The molecule has 0 bridgehead atoms. The number of nitro groups is 1. The van der Waals surface area contributed by atoms with Crippen molar-refractivity contribution >= 4 is 32.0 Å². The van der Waals surface area contributed by atoms with Crippen LogP contribution in [0.25, 0.3) is 0 Å². The van der Waals surface area contributed by atoms with Crippen molar-refractivity contribution in [2.45, 2.75) is 10.8 Å². The molecule has 0 unspecified atom stereocenters. The largest absolute Gasteiger partial charge is 0.385 e. The minimum absolute atomic E-state index is 0.0322. The van der Waals surface area contributed by atoms with Gasteiger partial charge in [-0.3, -0.25) is 14.8 Å². The number of thiophene rings is 1. The molecule has 0 aliphatic rings. The quantitative estimate of drug-likeness (QED) is 0.607.